The van der Waals surface area contributed by atoms with Crippen LogP contribution in [0.25, 0.3) is 67.0 Å². The molecule has 1 saturated carbocycles. The molecule has 76 heavy (non-hydrogen) atoms. The highest BCUT2D eigenvalue weighted by Gasteiger charge is 2.37. The first-order valence-corrected chi connectivity index (χ1v) is 27.4. The first kappa shape index (κ1) is 51.1. The third-order valence-electron chi connectivity index (χ3n) is 16.8. The monoisotopic (exact) mass is 1020 g/mol. The van der Waals surface area contributed by atoms with E-state index in [4.69, 9.17) is 21.6 Å². The lowest BCUT2D eigenvalue weighted by Crippen LogP contribution is -2.25. The SMILES string of the molecule is Cc1cc(-c2ccc(-c3cc(C(C)(C)C)ccc3C3CC4CC(C3)c3ccc(C(C)(C)C)cc3-c3ccc(cc3)-c3cc(C)c(-c5ccc(F)cc5)c(n3)C(C)(C)c3ccc(Cl)c4c3)cc2)ncc1-c1ccc(F)cc1. The van der Waals surface area contributed by atoms with Gasteiger partial charge in [-0.25, -0.2) is 8.78 Å². The molecule has 2 aliphatic heterocycles. The Kier molecular flexibility index (Phi) is 13.1. The van der Waals surface area contributed by atoms with E-state index in [0.717, 1.165) is 91.4 Å². The number of pyridine rings is 2. The molecule has 7 aromatic carbocycles. The van der Waals surface area contributed by atoms with E-state index in [1.807, 2.05) is 30.5 Å². The highest BCUT2D eigenvalue weighted by Crippen LogP contribution is 2.54. The Balaban J connectivity index is 1.07. The lowest BCUT2D eigenvalue weighted by atomic mass is 9.66. The Hall–Kier alpha value is -7.01. The van der Waals surface area contributed by atoms with Crippen LogP contribution >= 0.6 is 11.6 Å². The Bertz CT molecular complexity index is 3650. The molecule has 0 N–H and O–H groups in total. The van der Waals surface area contributed by atoms with E-state index in [2.05, 4.69) is 184 Å². The number of nitrogens with zero attached hydrogens (tertiary/aromatic N) is 2. The maximum Gasteiger partial charge on any atom is 0.123 e. The van der Waals surface area contributed by atoms with E-state index in [1.54, 1.807) is 12.1 Å². The van der Waals surface area contributed by atoms with Gasteiger partial charge in [-0.3, -0.25) is 9.97 Å². The summed E-state index contributed by atoms with van der Waals surface area (Å²) in [7, 11) is 0. The lowest BCUT2D eigenvalue weighted by molar-refractivity contribution is 0.352. The second kappa shape index (κ2) is 19.5. The maximum absolute atomic E-state index is 14.5. The van der Waals surface area contributed by atoms with Gasteiger partial charge in [0.25, 0.3) is 0 Å². The molecule has 2 nitrogen and oxygen atoms in total. The van der Waals surface area contributed by atoms with Crippen molar-refractivity contribution in [3.05, 3.63) is 237 Å². The second-order valence-electron chi connectivity index (χ2n) is 24.4. The largest absolute Gasteiger partial charge is 0.256 e. The Morgan fingerprint density at radius 3 is 1.39 bits per heavy atom. The Labute approximate surface area is 454 Å². The van der Waals surface area contributed by atoms with Crippen molar-refractivity contribution in [1.82, 2.24) is 9.97 Å². The van der Waals surface area contributed by atoms with Gasteiger partial charge < -0.3 is 0 Å². The van der Waals surface area contributed by atoms with Crippen LogP contribution in [0.1, 0.15) is 143 Å². The quantitative estimate of drug-likeness (QED) is 0.172. The summed E-state index contributed by atoms with van der Waals surface area (Å²) in [6, 6.07) is 57.0. The number of aromatic nitrogens is 2. The minimum absolute atomic E-state index is 0.0473. The fraction of sp³-hybridized carbons (Fsp3) is 0.268. The molecule has 8 bridgehead atoms. The summed E-state index contributed by atoms with van der Waals surface area (Å²) in [4.78, 5) is 10.5. The molecule has 2 aromatic heterocycles. The first-order valence-electron chi connectivity index (χ1n) is 27.0. The van der Waals surface area contributed by atoms with Crippen LogP contribution < -0.4 is 0 Å². The highest BCUT2D eigenvalue weighted by atomic mass is 35.5. The first-order chi connectivity index (χ1) is 36.2. The van der Waals surface area contributed by atoms with Gasteiger partial charge in [0.2, 0.25) is 0 Å². The average Bonchev–Trinajstić information content (AvgIpc) is 3.43. The number of rotatable bonds is 5. The van der Waals surface area contributed by atoms with Gasteiger partial charge in [-0.15, -0.1) is 0 Å². The van der Waals surface area contributed by atoms with Crippen LogP contribution in [0.3, 0.4) is 0 Å². The molecular formula is C71H67ClF2N2. The van der Waals surface area contributed by atoms with Gasteiger partial charge in [-0.05, 0) is 182 Å². The van der Waals surface area contributed by atoms with E-state index in [9.17, 15) is 8.78 Å². The van der Waals surface area contributed by atoms with E-state index < -0.39 is 5.41 Å². The molecule has 3 unspecified atom stereocenters. The van der Waals surface area contributed by atoms with Gasteiger partial charge in [-0.2, -0.15) is 0 Å². The van der Waals surface area contributed by atoms with E-state index >= 15 is 0 Å². The molecule has 3 aliphatic rings. The molecule has 5 heteroatoms. The molecule has 3 atom stereocenters. The van der Waals surface area contributed by atoms with Gasteiger partial charge in [0.15, 0.2) is 0 Å². The van der Waals surface area contributed by atoms with Gasteiger partial charge in [0.05, 0.1) is 17.1 Å². The molecule has 12 rings (SSSR count). The average molecular weight is 1020 g/mol. The van der Waals surface area contributed by atoms with E-state index in [0.29, 0.717) is 0 Å². The van der Waals surface area contributed by atoms with Gasteiger partial charge >= 0.3 is 0 Å². The van der Waals surface area contributed by atoms with Crippen molar-refractivity contribution in [1.29, 1.82) is 0 Å². The maximum atomic E-state index is 14.5. The van der Waals surface area contributed by atoms with Crippen LogP contribution in [0.15, 0.2) is 170 Å². The van der Waals surface area contributed by atoms with Gasteiger partial charge in [0.1, 0.15) is 11.6 Å². The second-order valence-corrected chi connectivity index (χ2v) is 24.8. The molecule has 382 valence electrons. The fourth-order valence-corrected chi connectivity index (χ4v) is 12.5. The zero-order chi connectivity index (χ0) is 53.4. The standard InChI is InChI=1S/C71H67ClF2N2/c1-42-33-65(75-41-63(42)46-19-26-56(73)27-20-46)47-15-11-44(12-16-47)60-38-53(69(3,4)5)23-30-58(60)50-35-51-37-52(36-50)62-40-55(25-32-64(62)72)71(9,10)68-67(49-21-28-57(74)29-22-49)43(2)34-66(76-68)48-17-13-45(14-18-48)61-39-54(70(6,7)8)24-31-59(51)61/h11-34,38-41,50-52H,35-37H2,1-10H3. The minimum atomic E-state index is -0.564. The summed E-state index contributed by atoms with van der Waals surface area (Å²) in [5.74, 6) is 0.0487. The number of aryl methyl sites for hydroxylation is 2. The predicted octanol–water partition coefficient (Wildman–Crippen LogP) is 20.1. The summed E-state index contributed by atoms with van der Waals surface area (Å²) in [6.07, 6.45) is 4.77. The smallest absolute Gasteiger partial charge is 0.123 e. The zero-order valence-corrected chi connectivity index (χ0v) is 46.3. The summed E-state index contributed by atoms with van der Waals surface area (Å²) >= 11 is 7.54. The number of hydrogen-bond donors (Lipinski definition) is 0. The highest BCUT2D eigenvalue weighted by molar-refractivity contribution is 6.31. The third-order valence-corrected chi connectivity index (χ3v) is 17.1. The van der Waals surface area contributed by atoms with Crippen LogP contribution in [-0.2, 0) is 16.2 Å². The molecule has 0 saturated heterocycles. The molecule has 0 amide bonds. The summed E-state index contributed by atoms with van der Waals surface area (Å²) in [5.41, 5.74) is 22.8. The number of hydrogen-bond acceptors (Lipinski definition) is 2. The van der Waals surface area contributed by atoms with Crippen molar-refractivity contribution in [3.8, 4) is 67.0 Å². The fourth-order valence-electron chi connectivity index (χ4n) is 12.3. The van der Waals surface area contributed by atoms with Crippen molar-refractivity contribution in [3.63, 3.8) is 0 Å². The Morgan fingerprint density at radius 2 is 0.895 bits per heavy atom. The van der Waals surface area contributed by atoms with Crippen LogP contribution in [-0.4, -0.2) is 9.97 Å². The molecule has 0 radical (unpaired) electrons. The number of fused-ring (bicyclic) bond motifs is 2. The van der Waals surface area contributed by atoms with E-state index in [1.165, 1.54) is 62.2 Å². The van der Waals surface area contributed by atoms with Gasteiger partial charge in [-0.1, -0.05) is 188 Å². The number of halogens is 3. The van der Waals surface area contributed by atoms with Crippen molar-refractivity contribution < 1.29 is 8.78 Å². The predicted molar refractivity (Wildman–Crippen MR) is 314 cm³/mol. The van der Waals surface area contributed by atoms with Crippen LogP contribution in [0.2, 0.25) is 5.02 Å². The number of benzene rings is 7. The molecule has 1 fully saturated rings. The van der Waals surface area contributed by atoms with Crippen LogP contribution in [0.4, 0.5) is 8.78 Å². The van der Waals surface area contributed by atoms with Crippen LogP contribution in [0, 0.1) is 25.5 Å². The molecule has 1 aliphatic carbocycles. The zero-order valence-electron chi connectivity index (χ0n) is 45.5. The van der Waals surface area contributed by atoms with Crippen molar-refractivity contribution >= 4 is 11.6 Å². The van der Waals surface area contributed by atoms with E-state index in [-0.39, 0.29) is 40.2 Å². The molecular weight excluding hydrogens is 954 g/mol. The van der Waals surface area contributed by atoms with Crippen molar-refractivity contribution in [2.24, 2.45) is 0 Å². The lowest BCUT2D eigenvalue weighted by Gasteiger charge is -2.39. The molecule has 9 aromatic rings. The van der Waals surface area contributed by atoms with Crippen molar-refractivity contribution in [2.45, 2.75) is 122 Å². The minimum Gasteiger partial charge on any atom is -0.256 e. The van der Waals surface area contributed by atoms with Crippen molar-refractivity contribution in [2.75, 3.05) is 0 Å². The summed E-state index contributed by atoms with van der Waals surface area (Å²) in [5, 5.41) is 0.785. The summed E-state index contributed by atoms with van der Waals surface area (Å²) < 4.78 is 28.3. The van der Waals surface area contributed by atoms with Gasteiger partial charge in [0, 0.05) is 38.9 Å². The molecule has 4 heterocycles. The summed E-state index contributed by atoms with van der Waals surface area (Å²) in [6.45, 7) is 22.6. The topological polar surface area (TPSA) is 25.8 Å². The van der Waals surface area contributed by atoms with Crippen LogP contribution in [0.5, 0.6) is 0 Å². The normalized spacial score (nSPS) is 17.1. The Morgan fingerprint density at radius 1 is 0.461 bits per heavy atom. The molecule has 0 spiro atoms. The third kappa shape index (κ3) is 9.75.